The van der Waals surface area contributed by atoms with Crippen molar-refractivity contribution < 1.29 is 9.59 Å². The Balaban J connectivity index is 1.56. The monoisotopic (exact) mass is 374 g/mol. The molecule has 2 N–H and O–H groups in total. The van der Waals surface area contributed by atoms with Gasteiger partial charge < -0.3 is 15.2 Å². The van der Waals surface area contributed by atoms with E-state index in [4.69, 9.17) is 11.6 Å². The van der Waals surface area contributed by atoms with Crippen molar-refractivity contribution in [1.82, 2.24) is 14.9 Å². The van der Waals surface area contributed by atoms with Gasteiger partial charge >= 0.3 is 0 Å². The van der Waals surface area contributed by atoms with E-state index in [9.17, 15) is 9.59 Å². The molecule has 3 heterocycles. The topological polar surface area (TPSA) is 78.1 Å². The summed E-state index contributed by atoms with van der Waals surface area (Å²) < 4.78 is 0. The van der Waals surface area contributed by atoms with E-state index in [1.165, 1.54) is 11.3 Å². The highest BCUT2D eigenvalue weighted by Gasteiger charge is 2.35. The SMILES string of the molecule is O=C(Nc1nccs1)[C@@H]1CCCN1C(=O)c1cc2cc(Cl)ccc2[nH]1. The number of likely N-dealkylation sites (tertiary alicyclic amines) is 1. The van der Waals surface area contributed by atoms with E-state index in [0.717, 1.165) is 17.3 Å². The number of aromatic amines is 1. The maximum Gasteiger partial charge on any atom is 0.270 e. The predicted molar refractivity (Wildman–Crippen MR) is 98.1 cm³/mol. The minimum Gasteiger partial charge on any atom is -0.351 e. The van der Waals surface area contributed by atoms with Gasteiger partial charge in [-0.05, 0) is 37.1 Å². The summed E-state index contributed by atoms with van der Waals surface area (Å²) in [6, 6.07) is 6.71. The molecule has 1 saturated heterocycles. The molecule has 3 aromatic rings. The molecule has 0 aliphatic carbocycles. The number of rotatable bonds is 3. The Morgan fingerprint density at radius 3 is 3.04 bits per heavy atom. The maximum absolute atomic E-state index is 12.9. The van der Waals surface area contributed by atoms with Crippen LogP contribution in [0.3, 0.4) is 0 Å². The number of amides is 2. The molecule has 8 heteroatoms. The van der Waals surface area contributed by atoms with Crippen molar-refractivity contribution >= 4 is 50.8 Å². The third-order valence-corrected chi connectivity index (χ3v) is 5.22. The van der Waals surface area contributed by atoms with Gasteiger partial charge in [0.1, 0.15) is 11.7 Å². The van der Waals surface area contributed by atoms with E-state index in [0.29, 0.717) is 28.8 Å². The summed E-state index contributed by atoms with van der Waals surface area (Å²) in [5.41, 5.74) is 1.31. The molecule has 128 valence electrons. The van der Waals surface area contributed by atoms with Gasteiger partial charge in [-0.15, -0.1) is 11.3 Å². The van der Waals surface area contributed by atoms with Crippen LogP contribution in [-0.4, -0.2) is 39.3 Å². The number of hydrogen-bond acceptors (Lipinski definition) is 4. The average molecular weight is 375 g/mol. The van der Waals surface area contributed by atoms with Crippen molar-refractivity contribution in [3.63, 3.8) is 0 Å². The Bertz CT molecular complexity index is 937. The fourth-order valence-electron chi connectivity index (χ4n) is 3.13. The van der Waals surface area contributed by atoms with Crippen molar-refractivity contribution in [2.45, 2.75) is 18.9 Å². The van der Waals surface area contributed by atoms with E-state index >= 15 is 0 Å². The second-order valence-electron chi connectivity index (χ2n) is 5.90. The summed E-state index contributed by atoms with van der Waals surface area (Å²) in [6.45, 7) is 0.560. The maximum atomic E-state index is 12.9. The fourth-order valence-corrected chi connectivity index (χ4v) is 3.84. The summed E-state index contributed by atoms with van der Waals surface area (Å²) >= 11 is 7.36. The number of carbonyl (C=O) groups excluding carboxylic acids is 2. The minimum absolute atomic E-state index is 0.177. The van der Waals surface area contributed by atoms with Crippen molar-refractivity contribution in [2.24, 2.45) is 0 Å². The molecule has 2 amide bonds. The van der Waals surface area contributed by atoms with Gasteiger partial charge in [-0.1, -0.05) is 11.6 Å². The number of nitrogens with one attached hydrogen (secondary N) is 2. The second-order valence-corrected chi connectivity index (χ2v) is 7.23. The third kappa shape index (κ3) is 3.12. The largest absolute Gasteiger partial charge is 0.351 e. The lowest BCUT2D eigenvalue weighted by atomic mass is 10.2. The Morgan fingerprint density at radius 2 is 2.24 bits per heavy atom. The van der Waals surface area contributed by atoms with E-state index in [-0.39, 0.29) is 11.8 Å². The van der Waals surface area contributed by atoms with Gasteiger partial charge in [0.2, 0.25) is 5.91 Å². The van der Waals surface area contributed by atoms with Crippen molar-refractivity contribution in [3.05, 3.63) is 46.6 Å². The van der Waals surface area contributed by atoms with Crippen LogP contribution in [0.25, 0.3) is 10.9 Å². The van der Waals surface area contributed by atoms with Crippen molar-refractivity contribution in [3.8, 4) is 0 Å². The highest BCUT2D eigenvalue weighted by molar-refractivity contribution is 7.13. The molecule has 1 aliphatic rings. The van der Waals surface area contributed by atoms with Gasteiger partial charge in [0.15, 0.2) is 5.13 Å². The molecule has 0 radical (unpaired) electrons. The number of fused-ring (bicyclic) bond motifs is 1. The first-order chi connectivity index (χ1) is 12.1. The number of carbonyl (C=O) groups is 2. The molecule has 6 nitrogen and oxygen atoms in total. The van der Waals surface area contributed by atoms with Crippen LogP contribution in [0.2, 0.25) is 5.02 Å². The summed E-state index contributed by atoms with van der Waals surface area (Å²) in [4.78, 5) is 34.2. The number of benzene rings is 1. The zero-order valence-electron chi connectivity index (χ0n) is 13.2. The molecule has 0 spiro atoms. The Morgan fingerprint density at radius 1 is 1.36 bits per heavy atom. The smallest absolute Gasteiger partial charge is 0.270 e. The number of nitrogens with zero attached hydrogens (tertiary/aromatic N) is 2. The summed E-state index contributed by atoms with van der Waals surface area (Å²) in [7, 11) is 0. The molecule has 25 heavy (non-hydrogen) atoms. The Hall–Kier alpha value is -2.38. The molecular formula is C17H15ClN4O2S. The fraction of sp³-hybridized carbons (Fsp3) is 0.235. The quantitative estimate of drug-likeness (QED) is 0.736. The third-order valence-electron chi connectivity index (χ3n) is 4.29. The minimum atomic E-state index is -0.480. The second kappa shape index (κ2) is 6.50. The zero-order chi connectivity index (χ0) is 17.4. The lowest BCUT2D eigenvalue weighted by Crippen LogP contribution is -2.43. The molecule has 4 rings (SSSR count). The number of hydrogen-bond donors (Lipinski definition) is 2. The number of halogens is 1. The van der Waals surface area contributed by atoms with E-state index in [1.807, 2.05) is 6.07 Å². The first-order valence-electron chi connectivity index (χ1n) is 7.91. The average Bonchev–Trinajstić information content (AvgIpc) is 3.33. The van der Waals surface area contributed by atoms with E-state index in [1.54, 1.807) is 34.7 Å². The molecule has 1 aromatic carbocycles. The van der Waals surface area contributed by atoms with Gasteiger partial charge in [-0.2, -0.15) is 0 Å². The zero-order valence-corrected chi connectivity index (χ0v) is 14.7. The van der Waals surface area contributed by atoms with Crippen LogP contribution < -0.4 is 5.32 Å². The van der Waals surface area contributed by atoms with Crippen LogP contribution in [0.1, 0.15) is 23.3 Å². The van der Waals surface area contributed by atoms with Crippen LogP contribution in [0, 0.1) is 0 Å². The van der Waals surface area contributed by atoms with Crippen LogP contribution >= 0.6 is 22.9 Å². The number of thiazole rings is 1. The van der Waals surface area contributed by atoms with Crippen LogP contribution in [-0.2, 0) is 4.79 Å². The van der Waals surface area contributed by atoms with Crippen LogP contribution in [0.5, 0.6) is 0 Å². The molecule has 1 atom stereocenters. The van der Waals surface area contributed by atoms with Crippen molar-refractivity contribution in [1.29, 1.82) is 0 Å². The molecule has 0 bridgehead atoms. The van der Waals surface area contributed by atoms with E-state index < -0.39 is 6.04 Å². The molecule has 2 aromatic heterocycles. The van der Waals surface area contributed by atoms with E-state index in [2.05, 4.69) is 15.3 Å². The molecule has 1 aliphatic heterocycles. The standard InChI is InChI=1S/C17H15ClN4O2S/c18-11-3-4-12-10(8-11)9-13(20-12)16(24)22-6-1-2-14(22)15(23)21-17-19-5-7-25-17/h3-5,7-9,14,20H,1-2,6H2,(H,19,21,23)/t14-/m0/s1. The predicted octanol–water partition coefficient (Wildman–Crippen LogP) is 3.52. The van der Waals surface area contributed by atoms with Gasteiger partial charge in [0.05, 0.1) is 0 Å². The van der Waals surface area contributed by atoms with Crippen molar-refractivity contribution in [2.75, 3.05) is 11.9 Å². The highest BCUT2D eigenvalue weighted by atomic mass is 35.5. The molecule has 0 saturated carbocycles. The van der Waals surface area contributed by atoms with Gasteiger partial charge in [-0.3, -0.25) is 9.59 Å². The summed E-state index contributed by atoms with van der Waals surface area (Å²) in [5, 5.41) is 6.61. The van der Waals surface area contributed by atoms with Gasteiger partial charge in [0.25, 0.3) is 5.91 Å². The van der Waals surface area contributed by atoms with Crippen LogP contribution in [0.15, 0.2) is 35.8 Å². The first-order valence-corrected chi connectivity index (χ1v) is 9.17. The van der Waals surface area contributed by atoms with Crippen LogP contribution in [0.4, 0.5) is 5.13 Å². The lowest BCUT2D eigenvalue weighted by Gasteiger charge is -2.23. The molecular weight excluding hydrogens is 360 g/mol. The lowest BCUT2D eigenvalue weighted by molar-refractivity contribution is -0.119. The number of aromatic nitrogens is 2. The van der Waals surface area contributed by atoms with Gasteiger partial charge in [-0.25, -0.2) is 4.98 Å². The summed E-state index contributed by atoms with van der Waals surface area (Å²) in [6.07, 6.45) is 3.08. The Labute approximate surface area is 152 Å². The highest BCUT2D eigenvalue weighted by Crippen LogP contribution is 2.25. The normalized spacial score (nSPS) is 17.2. The number of anilines is 1. The first kappa shape index (κ1) is 16.1. The Kier molecular flexibility index (Phi) is 4.19. The molecule has 0 unspecified atom stereocenters. The number of H-pyrrole nitrogens is 1. The summed E-state index contributed by atoms with van der Waals surface area (Å²) in [5.74, 6) is -0.371. The molecule has 1 fully saturated rings. The van der Waals surface area contributed by atoms with Gasteiger partial charge in [0, 0.05) is 34.0 Å².